The van der Waals surface area contributed by atoms with Gasteiger partial charge in [-0.2, -0.15) is 0 Å². The predicted octanol–water partition coefficient (Wildman–Crippen LogP) is 4.98. The van der Waals surface area contributed by atoms with Crippen molar-refractivity contribution in [2.24, 2.45) is 0 Å². The molecule has 0 bridgehead atoms. The van der Waals surface area contributed by atoms with Crippen molar-refractivity contribution >= 4 is 44.5 Å². The number of nitrogens with zero attached hydrogens (tertiary/aromatic N) is 2. The van der Waals surface area contributed by atoms with Crippen molar-refractivity contribution in [1.82, 2.24) is 9.97 Å². The maximum absolute atomic E-state index is 12.4. The number of rotatable bonds is 3. The summed E-state index contributed by atoms with van der Waals surface area (Å²) in [5.74, 6) is -0.187. The molecule has 24 heavy (non-hydrogen) atoms. The molecule has 0 atom stereocenters. The molecule has 2 aromatic heterocycles. The Morgan fingerprint density at radius 1 is 1.04 bits per heavy atom. The van der Waals surface area contributed by atoms with Crippen molar-refractivity contribution in [1.29, 1.82) is 0 Å². The van der Waals surface area contributed by atoms with E-state index >= 15 is 0 Å². The molecule has 0 fully saturated rings. The third kappa shape index (κ3) is 2.93. The largest absolute Gasteiger partial charge is 0.320 e. The molecule has 6 heteroatoms. The van der Waals surface area contributed by atoms with Crippen LogP contribution in [0, 0.1) is 6.92 Å². The van der Waals surface area contributed by atoms with Crippen LogP contribution in [-0.2, 0) is 0 Å². The quantitative estimate of drug-likeness (QED) is 0.566. The molecule has 118 valence electrons. The van der Waals surface area contributed by atoms with Gasteiger partial charge in [-0.1, -0.05) is 24.3 Å². The van der Waals surface area contributed by atoms with Crippen LogP contribution in [0.4, 0.5) is 5.69 Å². The van der Waals surface area contributed by atoms with Crippen LogP contribution in [-0.4, -0.2) is 15.9 Å². The summed E-state index contributed by atoms with van der Waals surface area (Å²) in [4.78, 5) is 21.2. The van der Waals surface area contributed by atoms with Gasteiger partial charge in [0.05, 0.1) is 20.9 Å². The Balaban J connectivity index is 1.53. The second kappa shape index (κ2) is 6.14. The lowest BCUT2D eigenvalue weighted by atomic mass is 10.1. The summed E-state index contributed by atoms with van der Waals surface area (Å²) in [6.07, 6.45) is 0. The van der Waals surface area contributed by atoms with Gasteiger partial charge < -0.3 is 5.32 Å². The van der Waals surface area contributed by atoms with Gasteiger partial charge in [-0.25, -0.2) is 9.97 Å². The number of nitrogens with one attached hydrogen (secondary N) is 1. The molecule has 2 aromatic carbocycles. The van der Waals surface area contributed by atoms with Crippen LogP contribution in [0.15, 0.2) is 53.9 Å². The Bertz CT molecular complexity index is 985. The molecule has 0 radical (unpaired) electrons. The van der Waals surface area contributed by atoms with E-state index < -0.39 is 0 Å². The molecule has 0 spiro atoms. The molecule has 4 rings (SSSR count). The number of benzene rings is 2. The predicted molar refractivity (Wildman–Crippen MR) is 99.9 cm³/mol. The molecule has 1 N–H and O–H groups in total. The first-order valence-corrected chi connectivity index (χ1v) is 9.08. The molecule has 0 saturated carbocycles. The topological polar surface area (TPSA) is 54.9 Å². The van der Waals surface area contributed by atoms with Crippen molar-refractivity contribution in [3.8, 4) is 11.3 Å². The van der Waals surface area contributed by atoms with Gasteiger partial charge in [0.15, 0.2) is 5.01 Å². The summed E-state index contributed by atoms with van der Waals surface area (Å²) < 4.78 is 1.01. The summed E-state index contributed by atoms with van der Waals surface area (Å²) >= 11 is 3.02. The van der Waals surface area contributed by atoms with Gasteiger partial charge in [-0.3, -0.25) is 4.79 Å². The minimum absolute atomic E-state index is 0.187. The van der Waals surface area contributed by atoms with E-state index in [0.717, 1.165) is 32.2 Å². The second-order valence-electron chi connectivity index (χ2n) is 5.27. The minimum atomic E-state index is -0.187. The third-order valence-corrected chi connectivity index (χ3v) is 5.35. The number of fused-ring (bicyclic) bond motifs is 1. The molecule has 4 aromatic rings. The van der Waals surface area contributed by atoms with Crippen molar-refractivity contribution < 1.29 is 4.79 Å². The first kappa shape index (κ1) is 15.0. The fourth-order valence-corrected chi connectivity index (χ4v) is 3.86. The zero-order valence-electron chi connectivity index (χ0n) is 12.8. The smallest absolute Gasteiger partial charge is 0.284 e. The number of carbonyl (C=O) groups is 1. The number of thiazole rings is 2. The molecule has 0 unspecified atom stereocenters. The molecule has 1 amide bonds. The number of amides is 1. The average Bonchev–Trinajstić information content (AvgIpc) is 3.21. The minimum Gasteiger partial charge on any atom is -0.320 e. The second-order valence-corrected chi connectivity index (χ2v) is 7.36. The number of aromatic nitrogens is 2. The molecule has 2 heterocycles. The Kier molecular flexibility index (Phi) is 3.84. The third-order valence-electron chi connectivity index (χ3n) is 3.55. The number of carbonyl (C=O) groups excluding carboxylic acids is 1. The Morgan fingerprint density at radius 2 is 1.83 bits per heavy atom. The molecular formula is C18H13N3OS2. The fraction of sp³-hybridized carbons (Fsp3) is 0.0556. The number of hydrogen-bond donors (Lipinski definition) is 1. The fourth-order valence-electron chi connectivity index (χ4n) is 2.37. The number of para-hydroxylation sites is 1. The molecule has 0 aliphatic rings. The lowest BCUT2D eigenvalue weighted by Gasteiger charge is -2.04. The average molecular weight is 351 g/mol. The zero-order chi connectivity index (χ0) is 16.5. The van der Waals surface area contributed by atoms with Gasteiger partial charge in [0, 0.05) is 16.6 Å². The highest BCUT2D eigenvalue weighted by molar-refractivity contribution is 7.20. The van der Waals surface area contributed by atoms with E-state index in [2.05, 4.69) is 15.3 Å². The number of anilines is 1. The summed E-state index contributed by atoms with van der Waals surface area (Å²) in [7, 11) is 0. The van der Waals surface area contributed by atoms with E-state index in [1.807, 2.05) is 60.8 Å². The van der Waals surface area contributed by atoms with E-state index in [1.54, 1.807) is 11.3 Å². The van der Waals surface area contributed by atoms with E-state index in [-0.39, 0.29) is 5.91 Å². The van der Waals surface area contributed by atoms with Crippen molar-refractivity contribution in [2.45, 2.75) is 6.92 Å². The highest BCUT2D eigenvalue weighted by atomic mass is 32.1. The summed E-state index contributed by atoms with van der Waals surface area (Å²) in [6, 6.07) is 15.4. The van der Waals surface area contributed by atoms with Gasteiger partial charge >= 0.3 is 0 Å². The van der Waals surface area contributed by atoms with Crippen LogP contribution >= 0.6 is 22.7 Å². The molecule has 4 nitrogen and oxygen atoms in total. The van der Waals surface area contributed by atoms with Crippen LogP contribution in [0.1, 0.15) is 14.8 Å². The molecule has 0 saturated heterocycles. The normalized spacial score (nSPS) is 10.9. The van der Waals surface area contributed by atoms with E-state index in [0.29, 0.717) is 5.01 Å². The van der Waals surface area contributed by atoms with Crippen LogP contribution in [0.2, 0.25) is 0 Å². The first-order valence-electron chi connectivity index (χ1n) is 7.38. The van der Waals surface area contributed by atoms with Crippen LogP contribution < -0.4 is 5.32 Å². The SMILES string of the molecule is Cc1nc(-c2ccc(NC(=O)c3nc4ccccc4s3)cc2)cs1. The van der Waals surface area contributed by atoms with Gasteiger partial charge in [-0.05, 0) is 31.2 Å². The van der Waals surface area contributed by atoms with Crippen LogP contribution in [0.5, 0.6) is 0 Å². The lowest BCUT2D eigenvalue weighted by molar-refractivity contribution is 0.102. The summed E-state index contributed by atoms with van der Waals surface area (Å²) in [6.45, 7) is 1.99. The van der Waals surface area contributed by atoms with Gasteiger partial charge in [0.1, 0.15) is 0 Å². The van der Waals surface area contributed by atoms with Crippen LogP contribution in [0.3, 0.4) is 0 Å². The zero-order valence-corrected chi connectivity index (χ0v) is 14.4. The summed E-state index contributed by atoms with van der Waals surface area (Å²) in [5, 5.41) is 6.43. The van der Waals surface area contributed by atoms with E-state index in [9.17, 15) is 4.79 Å². The van der Waals surface area contributed by atoms with Crippen LogP contribution in [0.25, 0.3) is 21.5 Å². The highest BCUT2D eigenvalue weighted by Crippen LogP contribution is 2.25. The molecular weight excluding hydrogens is 338 g/mol. The Morgan fingerprint density at radius 3 is 2.54 bits per heavy atom. The van der Waals surface area contributed by atoms with Gasteiger partial charge in [-0.15, -0.1) is 22.7 Å². The van der Waals surface area contributed by atoms with Crippen molar-refractivity contribution in [3.63, 3.8) is 0 Å². The monoisotopic (exact) mass is 351 g/mol. The van der Waals surface area contributed by atoms with Crippen molar-refractivity contribution in [2.75, 3.05) is 5.32 Å². The molecule has 0 aliphatic heterocycles. The maximum Gasteiger partial charge on any atom is 0.284 e. The van der Waals surface area contributed by atoms with Gasteiger partial charge in [0.25, 0.3) is 5.91 Å². The Hall–Kier alpha value is -2.57. The lowest BCUT2D eigenvalue weighted by Crippen LogP contribution is -2.11. The van der Waals surface area contributed by atoms with E-state index in [1.165, 1.54) is 11.3 Å². The van der Waals surface area contributed by atoms with Crippen molar-refractivity contribution in [3.05, 3.63) is 63.9 Å². The first-order chi connectivity index (χ1) is 11.7. The Labute approximate surface area is 146 Å². The maximum atomic E-state index is 12.4. The van der Waals surface area contributed by atoms with Gasteiger partial charge in [0.2, 0.25) is 0 Å². The standard InChI is InChI=1S/C18H13N3OS2/c1-11-19-15(10-23-11)12-6-8-13(9-7-12)20-17(22)18-21-14-4-2-3-5-16(14)24-18/h2-10H,1H3,(H,20,22). The van der Waals surface area contributed by atoms with E-state index in [4.69, 9.17) is 0 Å². The number of hydrogen-bond acceptors (Lipinski definition) is 5. The number of aryl methyl sites for hydroxylation is 1. The summed E-state index contributed by atoms with van der Waals surface area (Å²) in [5.41, 5.74) is 3.59. The molecule has 0 aliphatic carbocycles. The highest BCUT2D eigenvalue weighted by Gasteiger charge is 2.12.